The van der Waals surface area contributed by atoms with Crippen molar-refractivity contribution in [2.24, 2.45) is 4.99 Å². The molecular formula is C22H21F2NS. The quantitative estimate of drug-likeness (QED) is 0.330. The Morgan fingerprint density at radius 3 is 2.35 bits per heavy atom. The zero-order chi connectivity index (χ0) is 19.1. The first-order chi connectivity index (χ1) is 12.5. The molecule has 2 rings (SSSR count). The average molecular weight is 369 g/mol. The van der Waals surface area contributed by atoms with Gasteiger partial charge in [0.1, 0.15) is 5.69 Å². The summed E-state index contributed by atoms with van der Waals surface area (Å²) in [5.41, 5.74) is 3.14. The molecule has 0 radical (unpaired) electrons. The Hall–Kier alpha value is -2.34. The number of nitrogens with zero attached hydrogens (tertiary/aromatic N) is 1. The van der Waals surface area contributed by atoms with Gasteiger partial charge in [-0.05, 0) is 60.3 Å². The van der Waals surface area contributed by atoms with Crippen molar-refractivity contribution in [3.8, 4) is 11.8 Å². The SMILES string of the molecule is CCCCc1ccc(C#Cc2cc(F)c(N=C=S)c(F)c2)c(C(C)C)c1. The van der Waals surface area contributed by atoms with E-state index >= 15 is 0 Å². The van der Waals surface area contributed by atoms with Gasteiger partial charge in [0.25, 0.3) is 0 Å². The van der Waals surface area contributed by atoms with Crippen molar-refractivity contribution in [1.29, 1.82) is 0 Å². The summed E-state index contributed by atoms with van der Waals surface area (Å²) in [7, 11) is 0. The van der Waals surface area contributed by atoms with Crippen LogP contribution >= 0.6 is 12.2 Å². The Labute approximate surface area is 159 Å². The molecule has 4 heteroatoms. The van der Waals surface area contributed by atoms with E-state index in [0.717, 1.165) is 42.5 Å². The number of isothiocyanates is 1. The van der Waals surface area contributed by atoms with Crippen LogP contribution < -0.4 is 0 Å². The summed E-state index contributed by atoms with van der Waals surface area (Å²) in [6, 6.07) is 8.57. The number of hydrogen-bond donors (Lipinski definition) is 0. The Morgan fingerprint density at radius 1 is 1.08 bits per heavy atom. The van der Waals surface area contributed by atoms with Crippen molar-refractivity contribution in [3.05, 3.63) is 64.2 Å². The van der Waals surface area contributed by atoms with E-state index in [2.05, 4.69) is 62.0 Å². The second kappa shape index (κ2) is 9.38. The van der Waals surface area contributed by atoms with Gasteiger partial charge >= 0.3 is 0 Å². The normalized spacial score (nSPS) is 10.2. The summed E-state index contributed by atoms with van der Waals surface area (Å²) < 4.78 is 27.8. The Bertz CT molecular complexity index is 877. The maximum absolute atomic E-state index is 13.9. The van der Waals surface area contributed by atoms with Crippen molar-refractivity contribution in [2.75, 3.05) is 0 Å². The van der Waals surface area contributed by atoms with Gasteiger partial charge in [0.05, 0.1) is 5.16 Å². The van der Waals surface area contributed by atoms with Crippen LogP contribution in [0.1, 0.15) is 61.8 Å². The minimum absolute atomic E-state index is 0.257. The van der Waals surface area contributed by atoms with Gasteiger partial charge in [0, 0.05) is 11.1 Å². The minimum Gasteiger partial charge on any atom is -0.204 e. The number of thiocarbonyl (C=S) groups is 1. The summed E-state index contributed by atoms with van der Waals surface area (Å²) >= 11 is 4.40. The molecule has 0 bridgehead atoms. The molecule has 0 saturated carbocycles. The molecule has 134 valence electrons. The second-order valence-corrected chi connectivity index (χ2v) is 6.60. The smallest absolute Gasteiger partial charge is 0.153 e. The monoisotopic (exact) mass is 369 g/mol. The zero-order valence-electron chi connectivity index (χ0n) is 15.2. The fraction of sp³-hybridized carbons (Fsp3) is 0.318. The van der Waals surface area contributed by atoms with E-state index in [-0.39, 0.29) is 5.56 Å². The van der Waals surface area contributed by atoms with Gasteiger partial charge in [0.2, 0.25) is 0 Å². The first-order valence-corrected chi connectivity index (χ1v) is 9.08. The third-order valence-electron chi connectivity index (χ3n) is 4.07. The van der Waals surface area contributed by atoms with E-state index in [1.165, 1.54) is 5.56 Å². The van der Waals surface area contributed by atoms with Gasteiger partial charge in [-0.15, -0.1) is 0 Å². The van der Waals surface area contributed by atoms with Crippen molar-refractivity contribution < 1.29 is 8.78 Å². The third kappa shape index (κ3) is 5.08. The van der Waals surface area contributed by atoms with Crippen LogP contribution in [0.5, 0.6) is 0 Å². The van der Waals surface area contributed by atoms with E-state index in [1.54, 1.807) is 0 Å². The van der Waals surface area contributed by atoms with Crippen LogP contribution in [0.2, 0.25) is 0 Å². The van der Waals surface area contributed by atoms with E-state index < -0.39 is 17.3 Å². The van der Waals surface area contributed by atoms with Gasteiger partial charge in [-0.1, -0.05) is 51.2 Å². The molecule has 0 aliphatic rings. The molecular weight excluding hydrogens is 348 g/mol. The first kappa shape index (κ1) is 20.0. The number of rotatable bonds is 5. The third-order valence-corrected chi connectivity index (χ3v) is 4.16. The lowest BCUT2D eigenvalue weighted by molar-refractivity contribution is 0.587. The van der Waals surface area contributed by atoms with Gasteiger partial charge in [-0.25, -0.2) is 8.78 Å². The van der Waals surface area contributed by atoms with E-state index in [0.29, 0.717) is 5.92 Å². The maximum Gasteiger partial charge on any atom is 0.153 e. The molecule has 26 heavy (non-hydrogen) atoms. The average Bonchev–Trinajstić information content (AvgIpc) is 2.61. The van der Waals surface area contributed by atoms with Gasteiger partial charge in [0.15, 0.2) is 11.6 Å². The highest BCUT2D eigenvalue weighted by atomic mass is 32.1. The molecule has 0 aliphatic carbocycles. The lowest BCUT2D eigenvalue weighted by atomic mass is 9.93. The fourth-order valence-corrected chi connectivity index (χ4v) is 2.76. The predicted molar refractivity (Wildman–Crippen MR) is 106 cm³/mol. The Morgan fingerprint density at radius 2 is 1.77 bits per heavy atom. The van der Waals surface area contributed by atoms with E-state index in [1.807, 2.05) is 11.2 Å². The van der Waals surface area contributed by atoms with Crippen LogP contribution in [-0.2, 0) is 6.42 Å². The lowest BCUT2D eigenvalue weighted by Crippen LogP contribution is -1.96. The maximum atomic E-state index is 13.9. The Kier molecular flexibility index (Phi) is 7.21. The van der Waals surface area contributed by atoms with Gasteiger partial charge in [-0.2, -0.15) is 4.99 Å². The molecule has 0 aliphatic heterocycles. The highest BCUT2D eigenvalue weighted by molar-refractivity contribution is 7.78. The van der Waals surface area contributed by atoms with Gasteiger partial charge < -0.3 is 0 Å². The van der Waals surface area contributed by atoms with E-state index in [9.17, 15) is 8.78 Å². The Balaban J connectivity index is 2.39. The number of halogens is 2. The van der Waals surface area contributed by atoms with Gasteiger partial charge in [-0.3, -0.25) is 0 Å². The van der Waals surface area contributed by atoms with Crippen molar-refractivity contribution in [3.63, 3.8) is 0 Å². The summed E-state index contributed by atoms with van der Waals surface area (Å²) in [5, 5.41) is 1.97. The highest BCUT2D eigenvalue weighted by Crippen LogP contribution is 2.24. The topological polar surface area (TPSA) is 12.4 Å². The molecule has 0 atom stereocenters. The van der Waals surface area contributed by atoms with Crippen LogP contribution in [-0.4, -0.2) is 5.16 Å². The zero-order valence-corrected chi connectivity index (χ0v) is 16.0. The van der Waals surface area contributed by atoms with Crippen molar-refractivity contribution in [1.82, 2.24) is 0 Å². The summed E-state index contributed by atoms with van der Waals surface area (Å²) in [5.74, 6) is 4.61. The number of hydrogen-bond acceptors (Lipinski definition) is 2. The molecule has 0 spiro atoms. The van der Waals surface area contributed by atoms with Crippen LogP contribution in [0.3, 0.4) is 0 Å². The minimum atomic E-state index is -0.800. The van der Waals surface area contributed by atoms with Crippen LogP contribution in [0.25, 0.3) is 0 Å². The van der Waals surface area contributed by atoms with Crippen molar-refractivity contribution >= 4 is 23.1 Å². The molecule has 0 heterocycles. The van der Waals surface area contributed by atoms with Crippen LogP contribution in [0.15, 0.2) is 35.3 Å². The predicted octanol–water partition coefficient (Wildman–Crippen LogP) is 6.56. The fourth-order valence-electron chi connectivity index (χ4n) is 2.67. The number of unbranched alkanes of at least 4 members (excludes halogenated alkanes) is 1. The number of aliphatic imine (C=N–C) groups is 1. The van der Waals surface area contributed by atoms with Crippen molar-refractivity contribution in [2.45, 2.75) is 46.0 Å². The molecule has 0 aromatic heterocycles. The molecule has 0 saturated heterocycles. The number of benzene rings is 2. The second-order valence-electron chi connectivity index (χ2n) is 6.42. The summed E-state index contributed by atoms with van der Waals surface area (Å²) in [6.07, 6.45) is 3.35. The molecule has 0 fully saturated rings. The molecule has 2 aromatic carbocycles. The molecule has 0 N–H and O–H groups in total. The van der Waals surface area contributed by atoms with Crippen LogP contribution in [0.4, 0.5) is 14.5 Å². The molecule has 2 aromatic rings. The van der Waals surface area contributed by atoms with E-state index in [4.69, 9.17) is 0 Å². The number of aryl methyl sites for hydroxylation is 1. The first-order valence-electron chi connectivity index (χ1n) is 8.68. The van der Waals surface area contributed by atoms with Crippen LogP contribution in [0, 0.1) is 23.5 Å². The largest absolute Gasteiger partial charge is 0.204 e. The lowest BCUT2D eigenvalue weighted by Gasteiger charge is -2.11. The summed E-state index contributed by atoms with van der Waals surface area (Å²) in [6.45, 7) is 6.40. The molecule has 1 nitrogen and oxygen atoms in total. The molecule has 0 unspecified atom stereocenters. The highest BCUT2D eigenvalue weighted by Gasteiger charge is 2.10. The standard InChI is InChI=1S/C22H21F2NS/c1-4-5-6-16-7-9-18(19(11-16)15(2)3)10-8-17-12-20(23)22(25-14-26)21(24)13-17/h7,9,11-13,15H,4-6H2,1-3H3. The summed E-state index contributed by atoms with van der Waals surface area (Å²) in [4.78, 5) is 3.40. The molecule has 0 amide bonds.